The van der Waals surface area contributed by atoms with Gasteiger partial charge >= 0.3 is 0 Å². The first-order chi connectivity index (χ1) is 10.9. The fraction of sp³-hybridized carbons (Fsp3) is 0.562. The highest BCUT2D eigenvalue weighted by atomic mass is 35.5. The lowest BCUT2D eigenvalue weighted by Crippen LogP contribution is -2.55. The summed E-state index contributed by atoms with van der Waals surface area (Å²) in [6.45, 7) is 7.90. The topological polar surface area (TPSA) is 50.8 Å². The fourth-order valence-corrected chi connectivity index (χ4v) is 2.91. The third kappa shape index (κ3) is 5.84. The molecule has 23 heavy (non-hydrogen) atoms. The van der Waals surface area contributed by atoms with E-state index in [0.29, 0.717) is 22.3 Å². The summed E-state index contributed by atoms with van der Waals surface area (Å²) in [4.78, 5) is 14.3. The molecule has 0 aliphatic carbocycles. The molecule has 1 aromatic carbocycles. The van der Waals surface area contributed by atoms with Crippen molar-refractivity contribution in [2.24, 2.45) is 0 Å². The van der Waals surface area contributed by atoms with E-state index in [-0.39, 0.29) is 18.1 Å². The van der Waals surface area contributed by atoms with Gasteiger partial charge in [-0.15, -0.1) is 0 Å². The van der Waals surface area contributed by atoms with E-state index in [2.05, 4.69) is 24.1 Å². The van der Waals surface area contributed by atoms with E-state index in [1.807, 2.05) is 0 Å². The van der Waals surface area contributed by atoms with Gasteiger partial charge in [0, 0.05) is 35.2 Å². The molecule has 0 unspecified atom stereocenters. The Labute approximate surface area is 146 Å². The Morgan fingerprint density at radius 3 is 2.48 bits per heavy atom. The average molecular weight is 361 g/mol. The highest BCUT2D eigenvalue weighted by Crippen LogP contribution is 2.24. The minimum Gasteiger partial charge on any atom is -0.484 e. The van der Waals surface area contributed by atoms with Crippen molar-refractivity contribution in [1.82, 2.24) is 10.2 Å². The van der Waals surface area contributed by atoms with Gasteiger partial charge in [-0.1, -0.05) is 23.2 Å². The van der Waals surface area contributed by atoms with Gasteiger partial charge in [0.1, 0.15) is 5.75 Å². The van der Waals surface area contributed by atoms with Crippen LogP contribution in [-0.2, 0) is 9.53 Å². The van der Waals surface area contributed by atoms with Crippen molar-refractivity contribution in [3.63, 3.8) is 0 Å². The van der Waals surface area contributed by atoms with Crippen molar-refractivity contribution in [2.75, 3.05) is 39.5 Å². The number of amides is 1. The SMILES string of the molecule is CC(C)(CNC(=O)COc1cc(Cl)cc(Cl)c1)N1CCOCC1. The maximum Gasteiger partial charge on any atom is 0.258 e. The quantitative estimate of drug-likeness (QED) is 0.846. The lowest BCUT2D eigenvalue weighted by atomic mass is 10.0. The molecule has 1 aliphatic heterocycles. The number of morpholine rings is 1. The molecule has 2 rings (SSSR count). The molecule has 1 N–H and O–H groups in total. The normalized spacial score (nSPS) is 16.2. The van der Waals surface area contributed by atoms with Gasteiger partial charge in [0.05, 0.1) is 13.2 Å². The van der Waals surface area contributed by atoms with Crippen LogP contribution < -0.4 is 10.1 Å². The van der Waals surface area contributed by atoms with Crippen molar-refractivity contribution in [3.05, 3.63) is 28.2 Å². The van der Waals surface area contributed by atoms with Crippen LogP contribution in [0.15, 0.2) is 18.2 Å². The van der Waals surface area contributed by atoms with Crippen LogP contribution in [0, 0.1) is 0 Å². The molecular weight excluding hydrogens is 339 g/mol. The van der Waals surface area contributed by atoms with Gasteiger partial charge in [0.2, 0.25) is 0 Å². The van der Waals surface area contributed by atoms with Gasteiger partial charge in [-0.05, 0) is 32.0 Å². The lowest BCUT2D eigenvalue weighted by Gasteiger charge is -2.40. The largest absolute Gasteiger partial charge is 0.484 e. The zero-order valence-corrected chi connectivity index (χ0v) is 14.9. The lowest BCUT2D eigenvalue weighted by molar-refractivity contribution is -0.123. The smallest absolute Gasteiger partial charge is 0.258 e. The van der Waals surface area contributed by atoms with E-state index in [0.717, 1.165) is 26.3 Å². The predicted octanol–water partition coefficient (Wildman–Crippen LogP) is 2.60. The maximum atomic E-state index is 12.0. The van der Waals surface area contributed by atoms with Crippen molar-refractivity contribution in [2.45, 2.75) is 19.4 Å². The third-order valence-electron chi connectivity index (χ3n) is 3.79. The summed E-state index contributed by atoms with van der Waals surface area (Å²) in [6, 6.07) is 4.86. The molecule has 0 bridgehead atoms. The highest BCUT2D eigenvalue weighted by Gasteiger charge is 2.28. The number of hydrogen-bond acceptors (Lipinski definition) is 4. The summed E-state index contributed by atoms with van der Waals surface area (Å²) in [6.07, 6.45) is 0. The minimum atomic E-state index is -0.178. The van der Waals surface area contributed by atoms with Gasteiger partial charge in [0.15, 0.2) is 6.61 Å². The monoisotopic (exact) mass is 360 g/mol. The molecular formula is C16H22Cl2N2O3. The Balaban J connectivity index is 1.78. The summed E-state index contributed by atoms with van der Waals surface area (Å²) in [7, 11) is 0. The standard InChI is InChI=1S/C16H22Cl2N2O3/c1-16(2,20-3-5-22-6-4-20)11-19-15(21)10-23-14-8-12(17)7-13(18)9-14/h7-9H,3-6,10-11H2,1-2H3,(H,19,21). The summed E-state index contributed by atoms with van der Waals surface area (Å²) in [5.74, 6) is 0.299. The molecule has 1 aliphatic rings. The van der Waals surface area contributed by atoms with Crippen molar-refractivity contribution in [3.8, 4) is 5.75 Å². The number of rotatable bonds is 6. The van der Waals surface area contributed by atoms with Crippen LogP contribution in [0.5, 0.6) is 5.75 Å². The maximum absolute atomic E-state index is 12.0. The Morgan fingerprint density at radius 1 is 1.26 bits per heavy atom. The number of carbonyl (C=O) groups excluding carboxylic acids is 1. The zero-order valence-electron chi connectivity index (χ0n) is 13.4. The molecule has 0 saturated carbocycles. The van der Waals surface area contributed by atoms with E-state index in [9.17, 15) is 4.79 Å². The molecule has 0 atom stereocenters. The molecule has 7 heteroatoms. The third-order valence-corrected chi connectivity index (χ3v) is 4.23. The average Bonchev–Trinajstić information content (AvgIpc) is 2.51. The molecule has 128 valence electrons. The van der Waals surface area contributed by atoms with Crippen molar-refractivity contribution >= 4 is 29.1 Å². The van der Waals surface area contributed by atoms with Gasteiger partial charge in [0.25, 0.3) is 5.91 Å². The van der Waals surface area contributed by atoms with Gasteiger partial charge < -0.3 is 14.8 Å². The number of halogens is 2. The second-order valence-electron chi connectivity index (χ2n) is 6.08. The Hall–Kier alpha value is -1.01. The van der Waals surface area contributed by atoms with Gasteiger partial charge in [-0.25, -0.2) is 0 Å². The first kappa shape index (κ1) is 18.3. The van der Waals surface area contributed by atoms with E-state index in [4.69, 9.17) is 32.7 Å². The Morgan fingerprint density at radius 2 is 1.87 bits per heavy atom. The fourth-order valence-electron chi connectivity index (χ4n) is 2.41. The molecule has 1 aromatic rings. The summed E-state index contributed by atoms with van der Waals surface area (Å²) in [5.41, 5.74) is -0.126. The van der Waals surface area contributed by atoms with Crippen LogP contribution in [0.4, 0.5) is 0 Å². The second-order valence-corrected chi connectivity index (χ2v) is 6.96. The van der Waals surface area contributed by atoms with E-state index < -0.39 is 0 Å². The van der Waals surface area contributed by atoms with Crippen LogP contribution in [-0.4, -0.2) is 55.8 Å². The molecule has 0 radical (unpaired) electrons. The van der Waals surface area contributed by atoms with Crippen molar-refractivity contribution in [1.29, 1.82) is 0 Å². The molecule has 0 spiro atoms. The number of hydrogen-bond donors (Lipinski definition) is 1. The van der Waals surface area contributed by atoms with E-state index >= 15 is 0 Å². The van der Waals surface area contributed by atoms with Crippen LogP contribution >= 0.6 is 23.2 Å². The van der Waals surface area contributed by atoms with Crippen LogP contribution in [0.3, 0.4) is 0 Å². The van der Waals surface area contributed by atoms with Gasteiger partial charge in [-0.3, -0.25) is 9.69 Å². The molecule has 5 nitrogen and oxygen atoms in total. The Bertz CT molecular complexity index is 526. The predicted molar refractivity (Wildman–Crippen MR) is 91.4 cm³/mol. The minimum absolute atomic E-state index is 0.0735. The number of ether oxygens (including phenoxy) is 2. The first-order valence-electron chi connectivity index (χ1n) is 7.55. The summed E-state index contributed by atoms with van der Waals surface area (Å²) in [5, 5.41) is 3.85. The van der Waals surface area contributed by atoms with Crippen LogP contribution in [0.2, 0.25) is 10.0 Å². The molecule has 1 heterocycles. The highest BCUT2D eigenvalue weighted by molar-refractivity contribution is 6.34. The number of benzene rings is 1. The number of nitrogens with zero attached hydrogens (tertiary/aromatic N) is 1. The molecule has 0 aromatic heterocycles. The Kier molecular flexibility index (Phi) is 6.53. The van der Waals surface area contributed by atoms with Crippen LogP contribution in [0.1, 0.15) is 13.8 Å². The summed E-state index contributed by atoms with van der Waals surface area (Å²) < 4.78 is 10.8. The molecule has 1 amide bonds. The van der Waals surface area contributed by atoms with E-state index in [1.165, 1.54) is 0 Å². The van der Waals surface area contributed by atoms with Gasteiger partial charge in [-0.2, -0.15) is 0 Å². The molecule has 1 fully saturated rings. The molecule has 1 saturated heterocycles. The first-order valence-corrected chi connectivity index (χ1v) is 8.31. The number of carbonyl (C=O) groups is 1. The van der Waals surface area contributed by atoms with E-state index in [1.54, 1.807) is 18.2 Å². The second kappa shape index (κ2) is 8.20. The summed E-state index contributed by atoms with van der Waals surface area (Å²) >= 11 is 11.8. The van der Waals surface area contributed by atoms with Crippen molar-refractivity contribution < 1.29 is 14.3 Å². The van der Waals surface area contributed by atoms with Crippen LogP contribution in [0.25, 0.3) is 0 Å². The zero-order chi connectivity index (χ0) is 16.9. The number of nitrogens with one attached hydrogen (secondary N) is 1.